The molecule has 0 spiro atoms. The molecule has 0 aromatic carbocycles. The normalized spacial score (nSPS) is 8.80. The number of rotatable bonds is 0. The Balaban J connectivity index is 2.83. The summed E-state index contributed by atoms with van der Waals surface area (Å²) >= 11 is 0. The molecule has 0 fully saturated rings. The highest BCUT2D eigenvalue weighted by Gasteiger charge is 1.70. The summed E-state index contributed by atoms with van der Waals surface area (Å²) in [7, 11) is 0. The van der Waals surface area contributed by atoms with Gasteiger partial charge in [-0.25, -0.2) is 0 Å². The van der Waals surface area contributed by atoms with E-state index in [1.807, 2.05) is 0 Å². The Labute approximate surface area is 28.5 Å². The molecule has 0 saturated carbocycles. The van der Waals surface area contributed by atoms with Gasteiger partial charge in [0.2, 0.25) is 0 Å². The number of H-pyrrole nitrogens is 1. The van der Waals surface area contributed by atoms with Crippen LogP contribution in [0.1, 0.15) is 0 Å². The SMILES string of the molecule is Nn1cn[nH]1. The third kappa shape index (κ3) is 0.137. The Hall–Kier alpha value is -0.930. The second kappa shape index (κ2) is 0.512. The van der Waals surface area contributed by atoms with E-state index < -0.39 is 0 Å². The summed E-state index contributed by atoms with van der Waals surface area (Å²) in [5.74, 6) is 4.95. The first kappa shape index (κ1) is 2.32. The first-order valence-corrected chi connectivity index (χ1v) is 1.22. The molecule has 28 valence electrons. The van der Waals surface area contributed by atoms with Crippen LogP contribution >= 0.6 is 0 Å². The minimum absolute atomic E-state index is 1.26. The molecule has 4 nitrogen and oxygen atoms in total. The molecule has 0 bridgehead atoms. The van der Waals surface area contributed by atoms with Crippen LogP contribution in [0.4, 0.5) is 0 Å². The number of hydrogen-bond donors (Lipinski definition) is 2. The van der Waals surface area contributed by atoms with Gasteiger partial charge in [-0.3, -0.25) is 0 Å². The first-order chi connectivity index (χ1) is 2.39. The number of aromatic nitrogens is 3. The van der Waals surface area contributed by atoms with Crippen molar-refractivity contribution in [2.45, 2.75) is 0 Å². The van der Waals surface area contributed by atoms with Crippen LogP contribution in [-0.4, -0.2) is 15.1 Å². The van der Waals surface area contributed by atoms with Crippen LogP contribution in [-0.2, 0) is 0 Å². The number of hydrogen-bond acceptors (Lipinski definition) is 2. The maximum atomic E-state index is 4.95. The molecular weight excluding hydrogens is 68.0 g/mol. The zero-order valence-electron chi connectivity index (χ0n) is 2.55. The lowest BCUT2D eigenvalue weighted by molar-refractivity contribution is 0.614. The van der Waals surface area contributed by atoms with Gasteiger partial charge in [0.1, 0.15) is 0 Å². The molecule has 3 N–H and O–H groups in total. The number of aromatic amines is 1. The molecule has 0 unspecified atom stereocenters. The van der Waals surface area contributed by atoms with Crippen molar-refractivity contribution < 1.29 is 0 Å². The molecule has 5 heavy (non-hydrogen) atoms. The topological polar surface area (TPSA) is 59.6 Å². The predicted molar refractivity (Wildman–Crippen MR) is 16.7 cm³/mol. The number of nitrogens with two attached hydrogens (primary N) is 1. The van der Waals surface area contributed by atoms with E-state index in [0.29, 0.717) is 0 Å². The first-order valence-electron chi connectivity index (χ1n) is 1.22. The van der Waals surface area contributed by atoms with Crippen molar-refractivity contribution in [1.29, 1.82) is 0 Å². The van der Waals surface area contributed by atoms with Gasteiger partial charge in [0.25, 0.3) is 0 Å². The highest BCUT2D eigenvalue weighted by molar-refractivity contribution is 4.42. The van der Waals surface area contributed by atoms with Crippen molar-refractivity contribution in [2.75, 3.05) is 5.84 Å². The van der Waals surface area contributed by atoms with E-state index in [0.717, 1.165) is 0 Å². The van der Waals surface area contributed by atoms with Crippen LogP contribution in [0.3, 0.4) is 0 Å². The fourth-order valence-electron chi connectivity index (χ4n) is 0.124. The Morgan fingerprint density at radius 1 is 2.00 bits per heavy atom. The van der Waals surface area contributed by atoms with E-state index in [-0.39, 0.29) is 0 Å². The molecule has 1 aromatic rings. The van der Waals surface area contributed by atoms with Crippen molar-refractivity contribution in [3.63, 3.8) is 0 Å². The molecule has 0 radical (unpaired) electrons. The van der Waals surface area contributed by atoms with Crippen molar-refractivity contribution in [2.24, 2.45) is 0 Å². The van der Waals surface area contributed by atoms with Crippen molar-refractivity contribution >= 4 is 0 Å². The maximum absolute atomic E-state index is 4.95. The van der Waals surface area contributed by atoms with Crippen molar-refractivity contribution in [3.05, 3.63) is 6.33 Å². The van der Waals surface area contributed by atoms with Gasteiger partial charge in [0.05, 0.1) is 0 Å². The molecule has 0 aliphatic heterocycles. The minimum atomic E-state index is 1.26. The van der Waals surface area contributed by atoms with E-state index in [9.17, 15) is 0 Å². The summed E-state index contributed by atoms with van der Waals surface area (Å²) in [6.07, 6.45) is 1.47. The maximum Gasteiger partial charge on any atom is 0.156 e. The summed E-state index contributed by atoms with van der Waals surface area (Å²) in [6.45, 7) is 0. The molecule has 0 aliphatic carbocycles. The van der Waals surface area contributed by atoms with Gasteiger partial charge < -0.3 is 5.84 Å². The second-order valence-corrected chi connectivity index (χ2v) is 0.752. The van der Waals surface area contributed by atoms with Crippen LogP contribution in [0, 0.1) is 0 Å². The Morgan fingerprint density at radius 3 is 2.40 bits per heavy atom. The molecule has 1 heterocycles. The molecular formula is CH4N4. The number of nitrogens with zero attached hydrogens (tertiary/aromatic N) is 2. The zero-order chi connectivity index (χ0) is 3.70. The lowest BCUT2D eigenvalue weighted by Crippen LogP contribution is -2.18. The van der Waals surface area contributed by atoms with Gasteiger partial charge in [-0.05, 0) is 0 Å². The fourth-order valence-corrected chi connectivity index (χ4v) is 0.124. The number of nitrogen functional groups attached to an aromatic ring is 1. The Bertz CT molecular complexity index is 85.8. The van der Waals surface area contributed by atoms with Gasteiger partial charge in [-0.1, -0.05) is 0 Å². The van der Waals surface area contributed by atoms with Gasteiger partial charge >= 0.3 is 0 Å². The van der Waals surface area contributed by atoms with Crippen LogP contribution in [0.25, 0.3) is 0 Å². The van der Waals surface area contributed by atoms with E-state index >= 15 is 0 Å². The highest BCUT2D eigenvalue weighted by atomic mass is 15.6. The summed E-state index contributed by atoms with van der Waals surface area (Å²) in [4.78, 5) is 1.26. The third-order valence-corrected chi connectivity index (χ3v) is 0.355. The van der Waals surface area contributed by atoms with Crippen LogP contribution in [0.2, 0.25) is 0 Å². The fraction of sp³-hybridized carbons (Fsp3) is 0. The molecule has 1 rings (SSSR count). The third-order valence-electron chi connectivity index (χ3n) is 0.355. The average molecular weight is 72.1 g/mol. The molecule has 0 saturated heterocycles. The predicted octanol–water partition coefficient (Wildman–Crippen LogP) is -1.08. The van der Waals surface area contributed by atoms with E-state index in [2.05, 4.69) is 10.3 Å². The minimum Gasteiger partial charge on any atom is -0.322 e. The van der Waals surface area contributed by atoms with Gasteiger partial charge in [-0.2, -0.15) is 10.0 Å². The standard InChI is InChI=1S/CH4N4/c2-5-1-3-4-5/h1,4H,2H2. The summed E-state index contributed by atoms with van der Waals surface area (Å²) in [6, 6.07) is 0. The lowest BCUT2D eigenvalue weighted by Gasteiger charge is -1.94. The van der Waals surface area contributed by atoms with E-state index in [1.54, 1.807) is 0 Å². The van der Waals surface area contributed by atoms with Crippen molar-refractivity contribution in [3.8, 4) is 0 Å². The number of nitrogens with one attached hydrogen (secondary N) is 1. The molecule has 0 atom stereocenters. The second-order valence-electron chi connectivity index (χ2n) is 0.752. The average Bonchev–Trinajstić information content (AvgIpc) is 1.30. The molecule has 4 heteroatoms. The van der Waals surface area contributed by atoms with E-state index in [1.165, 1.54) is 11.1 Å². The monoisotopic (exact) mass is 72.0 g/mol. The van der Waals surface area contributed by atoms with Crippen LogP contribution in [0.5, 0.6) is 0 Å². The summed E-state index contributed by atoms with van der Waals surface area (Å²) in [5.41, 5.74) is 0. The van der Waals surface area contributed by atoms with Crippen LogP contribution in [0.15, 0.2) is 6.33 Å². The van der Waals surface area contributed by atoms with Crippen LogP contribution < -0.4 is 5.84 Å². The highest BCUT2D eigenvalue weighted by Crippen LogP contribution is 1.56. The van der Waals surface area contributed by atoms with Crippen molar-refractivity contribution in [1.82, 2.24) is 15.1 Å². The summed E-state index contributed by atoms with van der Waals surface area (Å²) < 4.78 is 0. The molecule has 0 amide bonds. The quantitative estimate of drug-likeness (QED) is 0.383. The molecule has 1 aromatic heterocycles. The van der Waals surface area contributed by atoms with Gasteiger partial charge in [0.15, 0.2) is 6.33 Å². The zero-order valence-corrected chi connectivity index (χ0v) is 2.55. The molecule has 0 aliphatic rings. The largest absolute Gasteiger partial charge is 0.322 e. The Morgan fingerprint density at radius 2 is 2.40 bits per heavy atom. The smallest absolute Gasteiger partial charge is 0.156 e. The van der Waals surface area contributed by atoms with E-state index in [4.69, 9.17) is 5.84 Å². The lowest BCUT2D eigenvalue weighted by atomic mass is 11.3. The Kier molecular flexibility index (Phi) is 0.237. The van der Waals surface area contributed by atoms with Gasteiger partial charge in [-0.15, -0.1) is 5.10 Å². The van der Waals surface area contributed by atoms with Gasteiger partial charge in [0, 0.05) is 0 Å². The summed E-state index contributed by atoms with van der Waals surface area (Å²) in [5, 5.41) is 5.81.